The van der Waals surface area contributed by atoms with Crippen molar-refractivity contribution in [1.29, 1.82) is 0 Å². The lowest BCUT2D eigenvalue weighted by Crippen LogP contribution is -2.36. The van der Waals surface area contributed by atoms with E-state index in [-0.39, 0.29) is 0 Å². The second-order valence-electron chi connectivity index (χ2n) is 4.24. The maximum Gasteiger partial charge on any atom is 0.00618 e. The Morgan fingerprint density at radius 2 is 1.91 bits per heavy atom. The molecule has 1 atom stereocenters. The van der Waals surface area contributed by atoms with E-state index in [0.29, 0.717) is 6.04 Å². The van der Waals surface area contributed by atoms with Gasteiger partial charge >= 0.3 is 0 Å². The summed E-state index contributed by atoms with van der Waals surface area (Å²) < 4.78 is 0. The minimum Gasteiger partial charge on any atom is -0.314 e. The van der Waals surface area contributed by atoms with Crippen molar-refractivity contribution in [3.63, 3.8) is 0 Å². The van der Waals surface area contributed by atoms with Crippen LogP contribution in [0.25, 0.3) is 0 Å². The first-order valence-corrected chi connectivity index (χ1v) is 4.93. The van der Waals surface area contributed by atoms with Crippen molar-refractivity contribution >= 4 is 0 Å². The van der Waals surface area contributed by atoms with Gasteiger partial charge in [-0.1, -0.05) is 20.3 Å². The third kappa shape index (κ3) is 2.82. The molecule has 0 spiro atoms. The van der Waals surface area contributed by atoms with Gasteiger partial charge in [0.05, 0.1) is 0 Å². The fourth-order valence-corrected chi connectivity index (χ4v) is 1.29. The van der Waals surface area contributed by atoms with Crippen LogP contribution >= 0.6 is 0 Å². The van der Waals surface area contributed by atoms with Gasteiger partial charge in [-0.15, -0.1) is 0 Å². The molecular formula is C10H21N. The Morgan fingerprint density at radius 3 is 2.27 bits per heavy atom. The highest BCUT2D eigenvalue weighted by Crippen LogP contribution is 2.25. The lowest BCUT2D eigenvalue weighted by atomic mass is 9.85. The van der Waals surface area contributed by atoms with E-state index in [1.54, 1.807) is 0 Å². The number of nitrogens with one attached hydrogen (secondary N) is 1. The van der Waals surface area contributed by atoms with Crippen LogP contribution in [-0.4, -0.2) is 12.6 Å². The largest absolute Gasteiger partial charge is 0.314 e. The molecule has 0 aromatic heterocycles. The van der Waals surface area contributed by atoms with Crippen LogP contribution < -0.4 is 5.32 Å². The van der Waals surface area contributed by atoms with Gasteiger partial charge in [0.2, 0.25) is 0 Å². The third-order valence-corrected chi connectivity index (χ3v) is 2.95. The summed E-state index contributed by atoms with van der Waals surface area (Å²) in [4.78, 5) is 0. The van der Waals surface area contributed by atoms with Crippen LogP contribution in [0.1, 0.15) is 40.0 Å². The normalized spacial score (nSPS) is 21.8. The highest BCUT2D eigenvalue weighted by atomic mass is 14.9. The van der Waals surface area contributed by atoms with E-state index in [0.717, 1.165) is 11.8 Å². The fraction of sp³-hybridized carbons (Fsp3) is 1.00. The summed E-state index contributed by atoms with van der Waals surface area (Å²) in [5.74, 6) is 1.77. The standard InChI is InChI=1S/C10H21N/c1-8(2)9(3)11-7-10-5-4-6-10/h8-11H,4-7H2,1-3H3. The number of rotatable bonds is 4. The van der Waals surface area contributed by atoms with Crippen LogP contribution in [0, 0.1) is 11.8 Å². The predicted molar refractivity (Wildman–Crippen MR) is 49.6 cm³/mol. The zero-order chi connectivity index (χ0) is 8.27. The molecule has 1 rings (SSSR count). The molecule has 0 aromatic carbocycles. The molecule has 0 radical (unpaired) electrons. The van der Waals surface area contributed by atoms with E-state index in [4.69, 9.17) is 0 Å². The minimum atomic E-state index is 0.690. The molecule has 1 heteroatoms. The number of hydrogen-bond donors (Lipinski definition) is 1. The molecule has 0 bridgehead atoms. The summed E-state index contributed by atoms with van der Waals surface area (Å²) in [6.45, 7) is 8.08. The van der Waals surface area contributed by atoms with Crippen molar-refractivity contribution in [2.45, 2.75) is 46.1 Å². The third-order valence-electron chi connectivity index (χ3n) is 2.95. The average molecular weight is 155 g/mol. The van der Waals surface area contributed by atoms with Crippen LogP contribution in [0.4, 0.5) is 0 Å². The Morgan fingerprint density at radius 1 is 1.27 bits per heavy atom. The molecule has 0 heterocycles. The van der Waals surface area contributed by atoms with Gasteiger partial charge in [-0.25, -0.2) is 0 Å². The van der Waals surface area contributed by atoms with Crippen LogP contribution in [0.5, 0.6) is 0 Å². The van der Waals surface area contributed by atoms with Gasteiger partial charge in [0.1, 0.15) is 0 Å². The van der Waals surface area contributed by atoms with Crippen molar-refractivity contribution < 1.29 is 0 Å². The number of hydrogen-bond acceptors (Lipinski definition) is 1. The molecule has 1 nitrogen and oxygen atoms in total. The summed E-state index contributed by atoms with van der Waals surface area (Å²) in [6.07, 6.45) is 4.37. The van der Waals surface area contributed by atoms with Crippen molar-refractivity contribution in [2.75, 3.05) is 6.54 Å². The van der Waals surface area contributed by atoms with Crippen molar-refractivity contribution in [2.24, 2.45) is 11.8 Å². The first kappa shape index (κ1) is 9.05. The van der Waals surface area contributed by atoms with Gasteiger partial charge in [-0.05, 0) is 38.1 Å². The van der Waals surface area contributed by atoms with Gasteiger partial charge < -0.3 is 5.32 Å². The topological polar surface area (TPSA) is 12.0 Å². The minimum absolute atomic E-state index is 0.690. The lowest BCUT2D eigenvalue weighted by molar-refractivity contribution is 0.278. The van der Waals surface area contributed by atoms with Crippen LogP contribution in [0.2, 0.25) is 0 Å². The van der Waals surface area contributed by atoms with E-state index in [2.05, 4.69) is 26.1 Å². The first-order valence-electron chi connectivity index (χ1n) is 4.93. The van der Waals surface area contributed by atoms with Gasteiger partial charge in [0, 0.05) is 6.04 Å². The maximum absolute atomic E-state index is 3.58. The summed E-state index contributed by atoms with van der Waals surface area (Å²) in [5, 5.41) is 3.58. The quantitative estimate of drug-likeness (QED) is 0.657. The van der Waals surface area contributed by atoms with Crippen LogP contribution in [-0.2, 0) is 0 Å². The zero-order valence-electron chi connectivity index (χ0n) is 8.06. The second kappa shape index (κ2) is 4.10. The summed E-state index contributed by atoms with van der Waals surface area (Å²) in [6, 6.07) is 0.690. The Bertz CT molecular complexity index is 105. The van der Waals surface area contributed by atoms with E-state index in [9.17, 15) is 0 Å². The molecule has 0 saturated heterocycles. The van der Waals surface area contributed by atoms with E-state index in [1.807, 2.05) is 0 Å². The molecular weight excluding hydrogens is 134 g/mol. The molecule has 1 N–H and O–H groups in total. The highest BCUT2D eigenvalue weighted by Gasteiger charge is 2.17. The van der Waals surface area contributed by atoms with Gasteiger partial charge in [-0.2, -0.15) is 0 Å². The van der Waals surface area contributed by atoms with Gasteiger partial charge in [0.15, 0.2) is 0 Å². The van der Waals surface area contributed by atoms with Crippen molar-refractivity contribution in [1.82, 2.24) is 5.32 Å². The first-order chi connectivity index (χ1) is 5.20. The summed E-state index contributed by atoms with van der Waals surface area (Å²) in [5.41, 5.74) is 0. The Balaban J connectivity index is 2.01. The molecule has 1 unspecified atom stereocenters. The van der Waals surface area contributed by atoms with Gasteiger partial charge in [-0.3, -0.25) is 0 Å². The fourth-order valence-electron chi connectivity index (χ4n) is 1.29. The molecule has 1 saturated carbocycles. The second-order valence-corrected chi connectivity index (χ2v) is 4.24. The average Bonchev–Trinajstić information content (AvgIpc) is 1.83. The Labute approximate surface area is 70.6 Å². The predicted octanol–water partition coefficient (Wildman–Crippen LogP) is 2.42. The SMILES string of the molecule is CC(C)C(C)NCC1CCC1. The molecule has 1 aliphatic rings. The lowest BCUT2D eigenvalue weighted by Gasteiger charge is -2.28. The molecule has 0 aromatic rings. The van der Waals surface area contributed by atoms with Gasteiger partial charge in [0.25, 0.3) is 0 Å². The molecule has 66 valence electrons. The van der Waals surface area contributed by atoms with E-state index >= 15 is 0 Å². The molecule has 11 heavy (non-hydrogen) atoms. The smallest absolute Gasteiger partial charge is 0.00618 e. The summed E-state index contributed by atoms with van der Waals surface area (Å²) >= 11 is 0. The van der Waals surface area contributed by atoms with Crippen molar-refractivity contribution in [3.05, 3.63) is 0 Å². The van der Waals surface area contributed by atoms with E-state index in [1.165, 1.54) is 25.8 Å². The van der Waals surface area contributed by atoms with E-state index < -0.39 is 0 Å². The van der Waals surface area contributed by atoms with Crippen LogP contribution in [0.3, 0.4) is 0 Å². The Kier molecular flexibility index (Phi) is 3.38. The molecule has 1 fully saturated rings. The summed E-state index contributed by atoms with van der Waals surface area (Å²) in [7, 11) is 0. The molecule has 0 aliphatic heterocycles. The van der Waals surface area contributed by atoms with Crippen molar-refractivity contribution in [3.8, 4) is 0 Å². The molecule has 0 amide bonds. The maximum atomic E-state index is 3.58. The molecule has 1 aliphatic carbocycles. The highest BCUT2D eigenvalue weighted by molar-refractivity contribution is 4.74. The van der Waals surface area contributed by atoms with Crippen LogP contribution in [0.15, 0.2) is 0 Å². The Hall–Kier alpha value is -0.0400. The monoisotopic (exact) mass is 155 g/mol. The zero-order valence-corrected chi connectivity index (χ0v) is 8.06.